The van der Waals surface area contributed by atoms with Crippen LogP contribution >= 0.6 is 0 Å². The number of carbonyl (C=O) groups is 1. The van der Waals surface area contributed by atoms with Crippen LogP contribution in [0.3, 0.4) is 0 Å². The van der Waals surface area contributed by atoms with Gasteiger partial charge < -0.3 is 14.2 Å². The Kier molecular flexibility index (Phi) is 9.02. The molecule has 4 nitrogen and oxygen atoms in total. The number of esters is 1. The molecule has 0 aliphatic carbocycles. The summed E-state index contributed by atoms with van der Waals surface area (Å²) in [5.41, 5.74) is 0.365. The molecule has 2 atom stereocenters. The van der Waals surface area contributed by atoms with Crippen molar-refractivity contribution in [2.75, 3.05) is 6.61 Å². The van der Waals surface area contributed by atoms with Crippen LogP contribution in [0.1, 0.15) is 34.1 Å². The minimum atomic E-state index is -0.611. The first-order valence-electron chi connectivity index (χ1n) is 5.88. The Labute approximate surface area is 106 Å². The van der Waals surface area contributed by atoms with E-state index in [-0.39, 0.29) is 5.91 Å². The van der Waals surface area contributed by atoms with Crippen LogP contribution in [-0.2, 0) is 19.0 Å². The summed E-state index contributed by atoms with van der Waals surface area (Å²) in [6.45, 7) is 11.4. The van der Waals surface area contributed by atoms with Crippen LogP contribution in [0.5, 0.6) is 0 Å². The van der Waals surface area contributed by atoms with Gasteiger partial charge in [0.1, 0.15) is 15.4 Å². The summed E-state index contributed by atoms with van der Waals surface area (Å²) in [6.07, 6.45) is 0.478. The van der Waals surface area contributed by atoms with Crippen LogP contribution < -0.4 is 0 Å². The Morgan fingerprint density at radius 1 is 1.41 bits per heavy atom. The molecule has 17 heavy (non-hydrogen) atoms. The lowest BCUT2D eigenvalue weighted by Crippen LogP contribution is -2.31. The summed E-state index contributed by atoms with van der Waals surface area (Å²) in [5, 5.41) is 0. The van der Waals surface area contributed by atoms with E-state index in [1.54, 1.807) is 13.8 Å². The molecule has 0 N–H and O–H groups in total. The van der Waals surface area contributed by atoms with E-state index in [4.69, 9.17) is 14.2 Å². The second-order valence-corrected chi connectivity index (χ2v) is 5.01. The zero-order valence-electron chi connectivity index (χ0n) is 11.1. The fourth-order valence-corrected chi connectivity index (χ4v) is 2.11. The number of rotatable bonds is 9. The summed E-state index contributed by atoms with van der Waals surface area (Å²) in [6, 6.07) is 1.05. The summed E-state index contributed by atoms with van der Waals surface area (Å²) >= 11 is 0. The third-order valence-corrected chi connectivity index (χ3v) is 3.24. The van der Waals surface area contributed by atoms with Gasteiger partial charge in [0.15, 0.2) is 0 Å². The second-order valence-electron chi connectivity index (χ2n) is 3.63. The fraction of sp³-hybridized carbons (Fsp3) is 0.750. The van der Waals surface area contributed by atoms with Crippen molar-refractivity contribution >= 4 is 15.5 Å². The average Bonchev–Trinajstić information content (AvgIpc) is 2.25. The highest BCUT2D eigenvalue weighted by molar-refractivity contribution is 6.36. The van der Waals surface area contributed by atoms with Gasteiger partial charge in [-0.1, -0.05) is 26.0 Å². The Morgan fingerprint density at radius 3 is 2.53 bits per heavy atom. The lowest BCUT2D eigenvalue weighted by Gasteiger charge is -2.21. The van der Waals surface area contributed by atoms with Crippen molar-refractivity contribution in [1.82, 2.24) is 0 Å². The van der Waals surface area contributed by atoms with E-state index in [1.165, 1.54) is 0 Å². The van der Waals surface area contributed by atoms with Gasteiger partial charge >= 0.3 is 5.97 Å². The SMILES string of the molecule is C=C(C)C(=O)OC(C)OC(OCC)[Si]CCC. The predicted octanol–water partition coefficient (Wildman–Crippen LogP) is 2.32. The maximum atomic E-state index is 11.3. The molecule has 0 heterocycles. The number of carbonyl (C=O) groups excluding carboxylic acids is 1. The number of hydrogen-bond acceptors (Lipinski definition) is 4. The van der Waals surface area contributed by atoms with Crippen molar-refractivity contribution in [2.24, 2.45) is 0 Å². The molecule has 0 amide bonds. The van der Waals surface area contributed by atoms with Crippen LogP contribution in [0.2, 0.25) is 6.04 Å². The highest BCUT2D eigenvalue weighted by Crippen LogP contribution is 2.06. The standard InChI is InChI=1S/C12H22O4Si/c1-6-8-17-12(14-7-2)16-10(5)15-11(13)9(3)4/h10,12H,3,6-8H2,1-2,4-5H3. The summed E-state index contributed by atoms with van der Waals surface area (Å²) < 4.78 is 16.0. The van der Waals surface area contributed by atoms with Crippen LogP contribution in [-0.4, -0.2) is 34.3 Å². The van der Waals surface area contributed by atoms with Crippen LogP contribution in [0.4, 0.5) is 0 Å². The van der Waals surface area contributed by atoms with E-state index in [0.717, 1.165) is 12.5 Å². The molecule has 2 unspecified atom stereocenters. The van der Waals surface area contributed by atoms with Crippen molar-refractivity contribution in [1.29, 1.82) is 0 Å². The van der Waals surface area contributed by atoms with Gasteiger partial charge in [-0.15, -0.1) is 0 Å². The molecule has 98 valence electrons. The molecule has 0 aromatic rings. The average molecular weight is 258 g/mol. The molecule has 0 fully saturated rings. The lowest BCUT2D eigenvalue weighted by molar-refractivity contribution is -0.206. The molecule has 0 aromatic heterocycles. The van der Waals surface area contributed by atoms with E-state index in [0.29, 0.717) is 21.7 Å². The Bertz CT molecular complexity index is 243. The maximum Gasteiger partial charge on any atom is 0.335 e. The van der Waals surface area contributed by atoms with Crippen molar-refractivity contribution in [3.8, 4) is 0 Å². The Morgan fingerprint density at radius 2 is 2.06 bits per heavy atom. The molecule has 0 rings (SSSR count). The van der Waals surface area contributed by atoms with Gasteiger partial charge in [-0.25, -0.2) is 4.79 Å². The molecule has 0 spiro atoms. The summed E-state index contributed by atoms with van der Waals surface area (Å²) in [7, 11) is 0.556. The molecule has 0 bridgehead atoms. The molecule has 0 aliphatic rings. The third-order valence-electron chi connectivity index (χ3n) is 1.82. The normalized spacial score (nSPS) is 14.1. The van der Waals surface area contributed by atoms with E-state index in [1.807, 2.05) is 6.92 Å². The van der Waals surface area contributed by atoms with Crippen LogP contribution in [0.15, 0.2) is 12.2 Å². The summed E-state index contributed by atoms with van der Waals surface area (Å²) in [4.78, 5) is 11.3. The van der Waals surface area contributed by atoms with E-state index in [9.17, 15) is 4.79 Å². The van der Waals surface area contributed by atoms with Crippen molar-refractivity contribution in [3.05, 3.63) is 12.2 Å². The summed E-state index contributed by atoms with van der Waals surface area (Å²) in [5.74, 6) is -0.723. The Balaban J connectivity index is 4.05. The number of ether oxygens (including phenoxy) is 3. The molecular formula is C12H22O4Si. The van der Waals surface area contributed by atoms with Gasteiger partial charge in [-0.2, -0.15) is 0 Å². The van der Waals surface area contributed by atoms with Gasteiger partial charge in [0.25, 0.3) is 0 Å². The van der Waals surface area contributed by atoms with E-state index in [2.05, 4.69) is 13.5 Å². The first kappa shape index (κ1) is 16.3. The predicted molar refractivity (Wildman–Crippen MR) is 67.7 cm³/mol. The minimum Gasteiger partial charge on any atom is -0.433 e. The van der Waals surface area contributed by atoms with Crippen molar-refractivity contribution < 1.29 is 19.0 Å². The van der Waals surface area contributed by atoms with Gasteiger partial charge in [0.05, 0.1) is 0 Å². The molecule has 0 aliphatic heterocycles. The van der Waals surface area contributed by atoms with Gasteiger partial charge in [0, 0.05) is 12.2 Å². The fourth-order valence-electron chi connectivity index (χ4n) is 1.01. The van der Waals surface area contributed by atoms with Crippen molar-refractivity contribution in [2.45, 2.75) is 52.4 Å². The first-order chi connectivity index (χ1) is 8.01. The molecule has 5 heteroatoms. The largest absolute Gasteiger partial charge is 0.433 e. The zero-order chi connectivity index (χ0) is 13.3. The quantitative estimate of drug-likeness (QED) is 0.275. The first-order valence-corrected chi connectivity index (χ1v) is 7.16. The van der Waals surface area contributed by atoms with Crippen LogP contribution in [0.25, 0.3) is 0 Å². The highest BCUT2D eigenvalue weighted by Gasteiger charge is 2.17. The minimum absolute atomic E-state index is 0.284. The van der Waals surface area contributed by atoms with Gasteiger partial charge in [0.2, 0.25) is 6.29 Å². The third kappa shape index (κ3) is 8.12. The monoisotopic (exact) mass is 258 g/mol. The molecule has 0 saturated heterocycles. The Hall–Kier alpha value is -0.653. The smallest absolute Gasteiger partial charge is 0.335 e. The molecular weight excluding hydrogens is 236 g/mol. The molecule has 0 aromatic carbocycles. The zero-order valence-corrected chi connectivity index (χ0v) is 12.1. The van der Waals surface area contributed by atoms with Crippen molar-refractivity contribution in [3.63, 3.8) is 0 Å². The molecule has 0 saturated carbocycles. The second kappa shape index (κ2) is 9.38. The highest BCUT2D eigenvalue weighted by atomic mass is 28.2. The van der Waals surface area contributed by atoms with E-state index < -0.39 is 12.3 Å². The topological polar surface area (TPSA) is 44.8 Å². The molecule has 2 radical (unpaired) electrons. The van der Waals surface area contributed by atoms with Crippen LogP contribution in [0, 0.1) is 0 Å². The maximum absolute atomic E-state index is 11.3. The van der Waals surface area contributed by atoms with Gasteiger partial charge in [-0.05, 0) is 20.8 Å². The number of hydrogen-bond donors (Lipinski definition) is 0. The van der Waals surface area contributed by atoms with Gasteiger partial charge in [-0.3, -0.25) is 0 Å². The lowest BCUT2D eigenvalue weighted by atomic mass is 10.4. The van der Waals surface area contributed by atoms with E-state index >= 15 is 0 Å².